The molecule has 0 fully saturated rings. The minimum atomic E-state index is -0.0926. The third-order valence-corrected chi connectivity index (χ3v) is 2.77. The number of hydrogen-bond acceptors (Lipinski definition) is 3. The molecule has 0 aliphatic heterocycles. The van der Waals surface area contributed by atoms with Crippen LogP contribution in [0.2, 0.25) is 0 Å². The van der Waals surface area contributed by atoms with Crippen molar-refractivity contribution in [2.24, 2.45) is 0 Å². The second-order valence-corrected chi connectivity index (χ2v) is 4.18. The highest BCUT2D eigenvalue weighted by atomic mass is 16.2. The number of hydrogen-bond donors (Lipinski definition) is 2. The van der Waals surface area contributed by atoms with E-state index in [4.69, 9.17) is 5.11 Å². The molecule has 5 heteroatoms. The second kappa shape index (κ2) is 6.70. The molecule has 0 radical (unpaired) electrons. The van der Waals surface area contributed by atoms with Gasteiger partial charge in [0.05, 0.1) is 5.69 Å². The zero-order valence-corrected chi connectivity index (χ0v) is 10.6. The maximum atomic E-state index is 11.8. The second-order valence-electron chi connectivity index (χ2n) is 4.18. The number of carbonyl (C=O) groups excluding carboxylic acids is 1. The van der Waals surface area contributed by atoms with Gasteiger partial charge in [0.1, 0.15) is 0 Å². The van der Waals surface area contributed by atoms with Gasteiger partial charge >= 0.3 is 0 Å². The Morgan fingerprint density at radius 3 is 2.68 bits per heavy atom. The highest BCUT2D eigenvalue weighted by Crippen LogP contribution is 2.08. The fourth-order valence-corrected chi connectivity index (χ4v) is 1.73. The molecule has 1 amide bonds. The highest BCUT2D eigenvalue weighted by Gasteiger charge is 2.05. The molecule has 5 nitrogen and oxygen atoms in total. The van der Waals surface area contributed by atoms with Gasteiger partial charge in [-0.1, -0.05) is 0 Å². The van der Waals surface area contributed by atoms with Gasteiger partial charge in [0.2, 0.25) is 0 Å². The normalized spacial score (nSPS) is 10.4. The summed E-state index contributed by atoms with van der Waals surface area (Å²) in [6.07, 6.45) is 5.05. The zero-order valence-electron chi connectivity index (χ0n) is 10.6. The van der Waals surface area contributed by atoms with Crippen molar-refractivity contribution in [3.05, 3.63) is 48.3 Å². The SMILES string of the molecule is O=C(NCCCCO)c1ccc(-n2cccn2)cc1. The van der Waals surface area contributed by atoms with E-state index in [9.17, 15) is 4.79 Å². The van der Waals surface area contributed by atoms with Crippen molar-refractivity contribution >= 4 is 5.91 Å². The molecule has 0 aliphatic rings. The topological polar surface area (TPSA) is 67.2 Å². The van der Waals surface area contributed by atoms with Crippen LogP contribution in [0.25, 0.3) is 5.69 Å². The van der Waals surface area contributed by atoms with Crippen molar-refractivity contribution < 1.29 is 9.90 Å². The van der Waals surface area contributed by atoms with Crippen LogP contribution in [0.4, 0.5) is 0 Å². The minimum Gasteiger partial charge on any atom is -0.396 e. The number of aliphatic hydroxyl groups excluding tert-OH is 1. The van der Waals surface area contributed by atoms with E-state index in [1.807, 2.05) is 24.4 Å². The first-order valence-corrected chi connectivity index (χ1v) is 6.30. The monoisotopic (exact) mass is 259 g/mol. The Morgan fingerprint density at radius 1 is 1.26 bits per heavy atom. The van der Waals surface area contributed by atoms with Gasteiger partial charge in [-0.15, -0.1) is 0 Å². The summed E-state index contributed by atoms with van der Waals surface area (Å²) in [6, 6.07) is 9.11. The van der Waals surface area contributed by atoms with Crippen molar-refractivity contribution in [3.8, 4) is 5.69 Å². The molecule has 0 atom stereocenters. The Kier molecular flexibility index (Phi) is 4.69. The van der Waals surface area contributed by atoms with E-state index in [0.29, 0.717) is 18.5 Å². The minimum absolute atomic E-state index is 0.0926. The molecule has 2 aromatic rings. The van der Waals surface area contributed by atoms with E-state index in [1.54, 1.807) is 23.0 Å². The van der Waals surface area contributed by atoms with Crippen molar-refractivity contribution in [3.63, 3.8) is 0 Å². The fraction of sp³-hybridized carbons (Fsp3) is 0.286. The van der Waals surface area contributed by atoms with Crippen LogP contribution in [0, 0.1) is 0 Å². The van der Waals surface area contributed by atoms with Gasteiger partial charge in [-0.05, 0) is 43.2 Å². The predicted octanol–water partition coefficient (Wildman–Crippen LogP) is 1.37. The van der Waals surface area contributed by atoms with E-state index < -0.39 is 0 Å². The molecular formula is C14H17N3O2. The molecule has 0 saturated carbocycles. The van der Waals surface area contributed by atoms with E-state index in [2.05, 4.69) is 10.4 Å². The van der Waals surface area contributed by atoms with Crippen molar-refractivity contribution in [2.75, 3.05) is 13.2 Å². The summed E-state index contributed by atoms with van der Waals surface area (Å²) >= 11 is 0. The van der Waals surface area contributed by atoms with Crippen molar-refractivity contribution in [2.45, 2.75) is 12.8 Å². The van der Waals surface area contributed by atoms with Gasteiger partial charge in [0.25, 0.3) is 5.91 Å². The van der Waals surface area contributed by atoms with E-state index >= 15 is 0 Å². The number of carbonyl (C=O) groups is 1. The van der Waals surface area contributed by atoms with Gasteiger partial charge in [0.15, 0.2) is 0 Å². The van der Waals surface area contributed by atoms with E-state index in [-0.39, 0.29) is 12.5 Å². The van der Waals surface area contributed by atoms with Gasteiger partial charge in [-0.3, -0.25) is 4.79 Å². The summed E-state index contributed by atoms with van der Waals surface area (Å²) in [5, 5.41) is 15.6. The standard InChI is InChI=1S/C14H17N3O2/c18-11-2-1-8-15-14(19)12-4-6-13(7-5-12)17-10-3-9-16-17/h3-7,9-10,18H,1-2,8,11H2,(H,15,19). The Labute approximate surface area is 111 Å². The summed E-state index contributed by atoms with van der Waals surface area (Å²) in [5.41, 5.74) is 1.54. The molecule has 2 rings (SSSR count). The smallest absolute Gasteiger partial charge is 0.251 e. The Balaban J connectivity index is 1.93. The molecule has 1 heterocycles. The maximum absolute atomic E-state index is 11.8. The third-order valence-electron chi connectivity index (χ3n) is 2.77. The largest absolute Gasteiger partial charge is 0.396 e. The van der Waals surface area contributed by atoms with Crippen LogP contribution in [0.5, 0.6) is 0 Å². The Hall–Kier alpha value is -2.14. The van der Waals surface area contributed by atoms with Crippen LogP contribution in [-0.4, -0.2) is 33.9 Å². The first kappa shape index (κ1) is 13.3. The van der Waals surface area contributed by atoms with E-state index in [1.165, 1.54) is 0 Å². The fourth-order valence-electron chi connectivity index (χ4n) is 1.73. The predicted molar refractivity (Wildman–Crippen MR) is 72.2 cm³/mol. The average molecular weight is 259 g/mol. The molecule has 0 aliphatic carbocycles. The van der Waals surface area contributed by atoms with Crippen LogP contribution in [-0.2, 0) is 0 Å². The van der Waals surface area contributed by atoms with Crippen molar-refractivity contribution in [1.82, 2.24) is 15.1 Å². The number of nitrogens with zero attached hydrogens (tertiary/aromatic N) is 2. The Bertz CT molecular complexity index is 506. The molecule has 100 valence electrons. The third kappa shape index (κ3) is 3.66. The molecule has 2 N–H and O–H groups in total. The van der Waals surface area contributed by atoms with Crippen LogP contribution in [0.15, 0.2) is 42.7 Å². The summed E-state index contributed by atoms with van der Waals surface area (Å²) in [4.78, 5) is 11.8. The van der Waals surface area contributed by atoms with Crippen LogP contribution < -0.4 is 5.32 Å². The first-order valence-electron chi connectivity index (χ1n) is 6.30. The lowest BCUT2D eigenvalue weighted by molar-refractivity contribution is 0.0952. The molecule has 0 saturated heterocycles. The summed E-state index contributed by atoms with van der Waals surface area (Å²) in [7, 11) is 0. The average Bonchev–Trinajstić information content (AvgIpc) is 2.98. The number of aromatic nitrogens is 2. The lowest BCUT2D eigenvalue weighted by atomic mass is 10.2. The van der Waals surface area contributed by atoms with Crippen molar-refractivity contribution in [1.29, 1.82) is 0 Å². The van der Waals surface area contributed by atoms with Crippen LogP contribution in [0.3, 0.4) is 0 Å². The summed E-state index contributed by atoms with van der Waals surface area (Å²) in [5.74, 6) is -0.0926. The Morgan fingerprint density at radius 2 is 2.05 bits per heavy atom. The number of unbranched alkanes of at least 4 members (excludes halogenated alkanes) is 1. The lowest BCUT2D eigenvalue weighted by Crippen LogP contribution is -2.24. The first-order chi connectivity index (χ1) is 9.31. The van der Waals surface area contributed by atoms with E-state index in [0.717, 1.165) is 12.1 Å². The lowest BCUT2D eigenvalue weighted by Gasteiger charge is -2.06. The number of amides is 1. The number of rotatable bonds is 6. The number of benzene rings is 1. The maximum Gasteiger partial charge on any atom is 0.251 e. The zero-order chi connectivity index (χ0) is 13.5. The molecule has 1 aromatic carbocycles. The van der Waals surface area contributed by atoms with Gasteiger partial charge in [-0.2, -0.15) is 5.10 Å². The quantitative estimate of drug-likeness (QED) is 0.770. The van der Waals surface area contributed by atoms with Crippen LogP contribution in [0.1, 0.15) is 23.2 Å². The van der Waals surface area contributed by atoms with Gasteiger partial charge in [0, 0.05) is 31.1 Å². The number of nitrogens with one attached hydrogen (secondary N) is 1. The molecule has 0 unspecified atom stereocenters. The highest BCUT2D eigenvalue weighted by molar-refractivity contribution is 5.94. The molecule has 19 heavy (non-hydrogen) atoms. The van der Waals surface area contributed by atoms with Crippen LogP contribution >= 0.6 is 0 Å². The number of aliphatic hydroxyl groups is 1. The molecule has 1 aromatic heterocycles. The summed E-state index contributed by atoms with van der Waals surface area (Å²) in [6.45, 7) is 0.745. The summed E-state index contributed by atoms with van der Waals surface area (Å²) < 4.78 is 1.74. The molecule has 0 bridgehead atoms. The van der Waals surface area contributed by atoms with Gasteiger partial charge in [-0.25, -0.2) is 4.68 Å². The molecule has 0 spiro atoms. The molecular weight excluding hydrogens is 242 g/mol. The van der Waals surface area contributed by atoms with Gasteiger partial charge < -0.3 is 10.4 Å².